The van der Waals surface area contributed by atoms with Crippen LogP contribution in [0.4, 0.5) is 11.4 Å². The van der Waals surface area contributed by atoms with E-state index in [0.29, 0.717) is 0 Å². The fourth-order valence-electron chi connectivity index (χ4n) is 1.82. The summed E-state index contributed by atoms with van der Waals surface area (Å²) < 4.78 is 0. The Morgan fingerprint density at radius 3 is 0.964 bits per heavy atom. The van der Waals surface area contributed by atoms with Gasteiger partial charge in [-0.15, -0.1) is 0 Å². The predicted molar refractivity (Wildman–Crippen MR) is 102 cm³/mol. The number of nitrogens with zero attached hydrogens (tertiary/aromatic N) is 2. The van der Waals surface area contributed by atoms with E-state index in [4.69, 9.17) is 0 Å². The summed E-state index contributed by atoms with van der Waals surface area (Å²) in [6.07, 6.45) is 4.79. The SMILES string of the molecule is O=C1C=CC(=O)N1.O=C1C=CC(=O)N1.c1ccc(N=Nc2ccccc2)cc1. The largest absolute Gasteiger partial charge is 0.289 e. The third kappa shape index (κ3) is 7.79. The van der Waals surface area contributed by atoms with Crippen molar-refractivity contribution >= 4 is 35.0 Å². The lowest BCUT2D eigenvalue weighted by atomic mass is 10.3. The zero-order valence-electron chi connectivity index (χ0n) is 14.6. The van der Waals surface area contributed by atoms with Gasteiger partial charge in [-0.25, -0.2) is 0 Å². The molecule has 2 heterocycles. The molecule has 140 valence electrons. The smallest absolute Gasteiger partial charge is 0.250 e. The van der Waals surface area contributed by atoms with Crippen molar-refractivity contribution in [1.82, 2.24) is 10.6 Å². The fraction of sp³-hybridized carbons (Fsp3) is 0. The summed E-state index contributed by atoms with van der Waals surface area (Å²) in [6.45, 7) is 0. The Bertz CT molecular complexity index is 826. The second-order valence-corrected chi connectivity index (χ2v) is 5.24. The molecular formula is C20H16N4O4. The molecule has 0 spiro atoms. The average Bonchev–Trinajstić information content (AvgIpc) is 3.28. The highest BCUT2D eigenvalue weighted by atomic mass is 16.2. The topological polar surface area (TPSA) is 117 Å². The first-order chi connectivity index (χ1) is 13.5. The molecule has 0 atom stereocenters. The van der Waals surface area contributed by atoms with E-state index in [1.54, 1.807) is 0 Å². The van der Waals surface area contributed by atoms with Crippen LogP contribution in [-0.2, 0) is 19.2 Å². The van der Waals surface area contributed by atoms with Crippen molar-refractivity contribution in [2.75, 3.05) is 0 Å². The molecule has 0 aliphatic carbocycles. The van der Waals surface area contributed by atoms with E-state index < -0.39 is 0 Å². The molecule has 8 heteroatoms. The van der Waals surface area contributed by atoms with Crippen LogP contribution >= 0.6 is 0 Å². The number of amides is 4. The minimum Gasteiger partial charge on any atom is -0.289 e. The minimum absolute atomic E-state index is 0.329. The van der Waals surface area contributed by atoms with Crippen molar-refractivity contribution in [2.24, 2.45) is 10.2 Å². The molecule has 2 aromatic carbocycles. The summed E-state index contributed by atoms with van der Waals surface area (Å²) in [7, 11) is 0. The van der Waals surface area contributed by atoms with Crippen molar-refractivity contribution in [1.29, 1.82) is 0 Å². The monoisotopic (exact) mass is 376 g/mol. The molecule has 0 aromatic heterocycles. The number of hydrogen-bond donors (Lipinski definition) is 2. The summed E-state index contributed by atoms with van der Waals surface area (Å²) in [4.78, 5) is 40.1. The van der Waals surface area contributed by atoms with Gasteiger partial charge in [-0.1, -0.05) is 36.4 Å². The normalized spacial score (nSPS) is 14.1. The van der Waals surface area contributed by atoms with E-state index >= 15 is 0 Å². The number of carbonyl (C=O) groups is 4. The quantitative estimate of drug-likeness (QED) is 0.618. The maximum absolute atomic E-state index is 10.0. The molecule has 4 amide bonds. The van der Waals surface area contributed by atoms with Crippen LogP contribution in [0, 0.1) is 0 Å². The minimum atomic E-state index is -0.329. The molecule has 2 N–H and O–H groups in total. The molecule has 28 heavy (non-hydrogen) atoms. The molecule has 0 saturated heterocycles. The molecule has 4 rings (SSSR count). The van der Waals surface area contributed by atoms with Crippen LogP contribution in [-0.4, -0.2) is 23.6 Å². The number of imide groups is 2. The van der Waals surface area contributed by atoms with Crippen LogP contribution in [0.2, 0.25) is 0 Å². The van der Waals surface area contributed by atoms with E-state index in [1.165, 1.54) is 24.3 Å². The summed E-state index contributed by atoms with van der Waals surface area (Å²) in [5.74, 6) is -1.31. The van der Waals surface area contributed by atoms with Crippen LogP contribution in [0.15, 0.2) is 95.2 Å². The molecular weight excluding hydrogens is 360 g/mol. The van der Waals surface area contributed by atoms with Gasteiger partial charge >= 0.3 is 0 Å². The van der Waals surface area contributed by atoms with E-state index in [-0.39, 0.29) is 23.6 Å². The lowest BCUT2D eigenvalue weighted by Gasteiger charge is -1.91. The Morgan fingerprint density at radius 1 is 0.464 bits per heavy atom. The van der Waals surface area contributed by atoms with Gasteiger partial charge in [0.2, 0.25) is 0 Å². The third-order valence-corrected chi connectivity index (χ3v) is 3.06. The van der Waals surface area contributed by atoms with Gasteiger partial charge in [0.1, 0.15) is 0 Å². The average molecular weight is 376 g/mol. The zero-order valence-corrected chi connectivity index (χ0v) is 14.6. The van der Waals surface area contributed by atoms with Crippen LogP contribution in [0.25, 0.3) is 0 Å². The van der Waals surface area contributed by atoms with Gasteiger partial charge in [0.15, 0.2) is 0 Å². The van der Waals surface area contributed by atoms with E-state index in [1.807, 2.05) is 71.3 Å². The molecule has 8 nitrogen and oxygen atoms in total. The molecule has 0 saturated carbocycles. The maximum atomic E-state index is 10.0. The van der Waals surface area contributed by atoms with Gasteiger partial charge in [0.25, 0.3) is 23.6 Å². The van der Waals surface area contributed by atoms with Gasteiger partial charge in [0.05, 0.1) is 11.4 Å². The lowest BCUT2D eigenvalue weighted by molar-refractivity contribution is -0.125. The first-order valence-corrected chi connectivity index (χ1v) is 8.11. The summed E-state index contributed by atoms with van der Waals surface area (Å²) in [6, 6.07) is 19.4. The Morgan fingerprint density at radius 2 is 0.750 bits per heavy atom. The fourth-order valence-corrected chi connectivity index (χ4v) is 1.82. The van der Waals surface area contributed by atoms with Gasteiger partial charge in [-0.2, -0.15) is 10.2 Å². The molecule has 2 aromatic rings. The highest BCUT2D eigenvalue weighted by Gasteiger charge is 2.07. The van der Waals surface area contributed by atoms with E-state index in [9.17, 15) is 19.2 Å². The summed E-state index contributed by atoms with van der Waals surface area (Å²) in [5.41, 5.74) is 1.74. The molecule has 0 bridgehead atoms. The maximum Gasteiger partial charge on any atom is 0.250 e. The van der Waals surface area contributed by atoms with Crippen molar-refractivity contribution in [2.45, 2.75) is 0 Å². The Labute approximate surface area is 160 Å². The van der Waals surface area contributed by atoms with Crippen molar-refractivity contribution in [3.8, 4) is 0 Å². The predicted octanol–water partition coefficient (Wildman–Crippen LogP) is 2.50. The van der Waals surface area contributed by atoms with Crippen molar-refractivity contribution in [3.05, 3.63) is 85.0 Å². The molecule has 0 fully saturated rings. The number of benzene rings is 2. The second kappa shape index (κ2) is 10.7. The van der Waals surface area contributed by atoms with Crippen LogP contribution < -0.4 is 10.6 Å². The third-order valence-electron chi connectivity index (χ3n) is 3.06. The number of carbonyl (C=O) groups excluding carboxylic acids is 4. The van der Waals surface area contributed by atoms with Gasteiger partial charge in [-0.05, 0) is 24.3 Å². The highest BCUT2D eigenvalue weighted by Crippen LogP contribution is 2.16. The number of hydrogen-bond acceptors (Lipinski definition) is 6. The van der Waals surface area contributed by atoms with Gasteiger partial charge < -0.3 is 0 Å². The lowest BCUT2D eigenvalue weighted by Crippen LogP contribution is -2.19. The Kier molecular flexibility index (Phi) is 7.70. The first-order valence-electron chi connectivity index (χ1n) is 8.11. The molecule has 0 radical (unpaired) electrons. The van der Waals surface area contributed by atoms with Crippen molar-refractivity contribution in [3.63, 3.8) is 0 Å². The van der Waals surface area contributed by atoms with E-state index in [2.05, 4.69) is 10.2 Å². The van der Waals surface area contributed by atoms with Gasteiger partial charge in [0, 0.05) is 24.3 Å². The van der Waals surface area contributed by atoms with Crippen molar-refractivity contribution < 1.29 is 19.2 Å². The van der Waals surface area contributed by atoms with Crippen LogP contribution in [0.5, 0.6) is 0 Å². The zero-order chi connectivity index (χ0) is 20.2. The van der Waals surface area contributed by atoms with Crippen LogP contribution in [0.1, 0.15) is 0 Å². The molecule has 2 aliphatic rings. The van der Waals surface area contributed by atoms with Crippen LogP contribution in [0.3, 0.4) is 0 Å². The standard InChI is InChI=1S/C12H10N2.2C4H3NO2/c1-3-7-11(8-4-1)13-14-12-9-5-2-6-10-12;2*6-3-1-2-4(7)5-3/h1-10H;2*1-2H,(H,5,6,7). The first kappa shape index (κ1) is 20.1. The van der Waals surface area contributed by atoms with E-state index in [0.717, 1.165) is 11.4 Å². The number of rotatable bonds is 2. The number of azo groups is 1. The molecule has 0 unspecified atom stereocenters. The Hall–Kier alpha value is -4.20. The second-order valence-electron chi connectivity index (χ2n) is 5.24. The summed E-state index contributed by atoms with van der Waals surface area (Å²) >= 11 is 0. The summed E-state index contributed by atoms with van der Waals surface area (Å²) in [5, 5.41) is 12.3. The molecule has 2 aliphatic heterocycles. The number of nitrogens with one attached hydrogen (secondary N) is 2. The highest BCUT2D eigenvalue weighted by molar-refractivity contribution is 6.13. The Balaban J connectivity index is 0.000000168. The van der Waals surface area contributed by atoms with Gasteiger partial charge in [-0.3, -0.25) is 29.8 Å².